The highest BCUT2D eigenvalue weighted by atomic mass is 16.5. The molecule has 142 valence electrons. The van der Waals surface area contributed by atoms with Gasteiger partial charge in [-0.25, -0.2) is 0 Å². The van der Waals surface area contributed by atoms with E-state index in [2.05, 4.69) is 5.32 Å². The number of nitrogens with one attached hydrogen (secondary N) is 1. The van der Waals surface area contributed by atoms with Crippen molar-refractivity contribution >= 4 is 29.2 Å². The highest BCUT2D eigenvalue weighted by molar-refractivity contribution is 5.99. The van der Waals surface area contributed by atoms with Crippen molar-refractivity contribution in [2.45, 2.75) is 19.3 Å². The lowest BCUT2D eigenvalue weighted by Gasteiger charge is -2.24. The van der Waals surface area contributed by atoms with E-state index in [1.165, 1.54) is 7.11 Å². The number of rotatable bonds is 5. The largest absolute Gasteiger partial charge is 0.494 e. The van der Waals surface area contributed by atoms with Crippen molar-refractivity contribution in [1.29, 1.82) is 0 Å². The van der Waals surface area contributed by atoms with Crippen LogP contribution in [0.4, 0.5) is 11.4 Å². The molecule has 1 saturated carbocycles. The Balaban J connectivity index is 1.54. The number of carbonyl (C=O) groups is 3. The average molecular weight is 370 g/mol. The second-order valence-corrected chi connectivity index (χ2v) is 7.36. The average Bonchev–Trinajstić information content (AvgIpc) is 3.37. The summed E-state index contributed by atoms with van der Waals surface area (Å²) >= 11 is 0. The Morgan fingerprint density at radius 1 is 1.22 bits per heavy atom. The first kappa shape index (κ1) is 17.6. The van der Waals surface area contributed by atoms with Crippen LogP contribution >= 0.6 is 0 Å². The van der Waals surface area contributed by atoms with Gasteiger partial charge in [0.15, 0.2) is 0 Å². The Hall–Kier alpha value is -2.83. The number of carboxylic acid groups (broad SMARTS) is 1. The fraction of sp³-hybridized carbons (Fsp3) is 0.450. The van der Waals surface area contributed by atoms with Crippen LogP contribution in [0.15, 0.2) is 30.4 Å². The van der Waals surface area contributed by atoms with Gasteiger partial charge in [0, 0.05) is 24.7 Å². The molecule has 1 heterocycles. The standard InChI is InChI=1S/C20H22N2O5/c1-27-15-10-13(6-7-14(15)22-8-2-3-16(22)23)21-19(24)17-11-4-5-12(9-11)18(17)20(25)26/h4-7,10-12,17-18H,2-3,8-9H2,1H3,(H,21,24)(H,25,26)/t11-,12-,17+,18+/m0/s1. The van der Waals surface area contributed by atoms with E-state index in [4.69, 9.17) is 4.74 Å². The summed E-state index contributed by atoms with van der Waals surface area (Å²) < 4.78 is 5.41. The zero-order chi connectivity index (χ0) is 19.1. The van der Waals surface area contributed by atoms with Crippen molar-refractivity contribution in [3.63, 3.8) is 0 Å². The Morgan fingerprint density at radius 2 is 1.96 bits per heavy atom. The quantitative estimate of drug-likeness (QED) is 0.775. The van der Waals surface area contributed by atoms with Crippen molar-refractivity contribution in [2.75, 3.05) is 23.9 Å². The van der Waals surface area contributed by atoms with Crippen LogP contribution in [0.25, 0.3) is 0 Å². The normalized spacial score (nSPS) is 28.6. The van der Waals surface area contributed by atoms with Crippen LogP contribution in [0.1, 0.15) is 19.3 Å². The SMILES string of the molecule is COc1cc(NC(=O)[C@H]2[C@H](C(=O)O)[C@H]3C=C[C@H]2C3)ccc1N1CCCC1=O. The Kier molecular flexibility index (Phi) is 4.37. The number of methoxy groups -OCH3 is 1. The van der Waals surface area contributed by atoms with Gasteiger partial charge in [-0.05, 0) is 36.8 Å². The van der Waals surface area contributed by atoms with Crippen molar-refractivity contribution in [3.8, 4) is 5.75 Å². The first-order chi connectivity index (χ1) is 13.0. The lowest BCUT2D eigenvalue weighted by molar-refractivity contribution is -0.146. The topological polar surface area (TPSA) is 95.9 Å². The molecule has 0 radical (unpaired) electrons. The number of fused-ring (bicyclic) bond motifs is 2. The minimum Gasteiger partial charge on any atom is -0.494 e. The summed E-state index contributed by atoms with van der Waals surface area (Å²) in [7, 11) is 1.52. The van der Waals surface area contributed by atoms with Gasteiger partial charge in [0.2, 0.25) is 11.8 Å². The minimum atomic E-state index is -0.924. The van der Waals surface area contributed by atoms with Gasteiger partial charge in [0.05, 0.1) is 24.6 Å². The van der Waals surface area contributed by atoms with Gasteiger partial charge in [-0.1, -0.05) is 12.2 Å². The molecule has 4 rings (SSSR count). The smallest absolute Gasteiger partial charge is 0.307 e. The zero-order valence-corrected chi connectivity index (χ0v) is 15.1. The van der Waals surface area contributed by atoms with Gasteiger partial charge in [-0.3, -0.25) is 14.4 Å². The number of aliphatic carboxylic acids is 1. The summed E-state index contributed by atoms with van der Waals surface area (Å²) in [5, 5.41) is 12.4. The molecule has 2 aliphatic carbocycles. The maximum absolute atomic E-state index is 12.8. The van der Waals surface area contributed by atoms with E-state index in [-0.39, 0.29) is 23.7 Å². The molecule has 27 heavy (non-hydrogen) atoms. The van der Waals surface area contributed by atoms with Crippen molar-refractivity contribution in [1.82, 2.24) is 0 Å². The molecule has 1 saturated heterocycles. The summed E-state index contributed by atoms with van der Waals surface area (Å²) in [4.78, 5) is 38.1. The van der Waals surface area contributed by atoms with Crippen LogP contribution < -0.4 is 15.0 Å². The van der Waals surface area contributed by atoms with E-state index < -0.39 is 17.8 Å². The molecular weight excluding hydrogens is 348 g/mol. The number of hydrogen-bond donors (Lipinski definition) is 2. The van der Waals surface area contributed by atoms with Crippen molar-refractivity contribution < 1.29 is 24.2 Å². The summed E-state index contributed by atoms with van der Waals surface area (Å²) in [5.41, 5.74) is 1.22. The molecule has 4 atom stereocenters. The molecule has 7 heteroatoms. The fourth-order valence-corrected chi connectivity index (χ4v) is 4.62. The molecule has 1 aromatic rings. The van der Waals surface area contributed by atoms with Crippen LogP contribution in [-0.4, -0.2) is 36.5 Å². The first-order valence-corrected chi connectivity index (χ1v) is 9.20. The number of benzene rings is 1. The van der Waals surface area contributed by atoms with Gasteiger partial charge in [0.25, 0.3) is 0 Å². The van der Waals surface area contributed by atoms with Gasteiger partial charge in [-0.2, -0.15) is 0 Å². The predicted molar refractivity (Wildman–Crippen MR) is 98.6 cm³/mol. The number of amides is 2. The number of hydrogen-bond acceptors (Lipinski definition) is 4. The molecule has 0 spiro atoms. The van der Waals surface area contributed by atoms with Crippen LogP contribution in [0, 0.1) is 23.7 Å². The molecule has 2 bridgehead atoms. The number of carboxylic acids is 1. The van der Waals surface area contributed by atoms with Crippen molar-refractivity contribution in [2.24, 2.45) is 23.7 Å². The molecule has 1 aliphatic heterocycles. The van der Waals surface area contributed by atoms with Gasteiger partial charge in [0.1, 0.15) is 5.75 Å². The van der Waals surface area contributed by atoms with Gasteiger partial charge in [-0.15, -0.1) is 0 Å². The zero-order valence-electron chi connectivity index (χ0n) is 15.1. The third-order valence-corrected chi connectivity index (χ3v) is 5.86. The fourth-order valence-electron chi connectivity index (χ4n) is 4.62. The highest BCUT2D eigenvalue weighted by Crippen LogP contribution is 2.48. The molecule has 0 unspecified atom stereocenters. The van der Waals surface area contributed by atoms with E-state index in [0.29, 0.717) is 36.5 Å². The van der Waals surface area contributed by atoms with Crippen LogP contribution in [0.3, 0.4) is 0 Å². The molecule has 3 aliphatic rings. The number of ether oxygens (including phenoxy) is 1. The highest BCUT2D eigenvalue weighted by Gasteiger charge is 2.51. The lowest BCUT2D eigenvalue weighted by Crippen LogP contribution is -2.36. The molecule has 0 aromatic heterocycles. The predicted octanol–water partition coefficient (Wildman–Crippen LogP) is 2.28. The van der Waals surface area contributed by atoms with E-state index in [9.17, 15) is 19.5 Å². The van der Waals surface area contributed by atoms with E-state index in [1.54, 1.807) is 23.1 Å². The number of allylic oxidation sites excluding steroid dienone is 2. The summed E-state index contributed by atoms with van der Waals surface area (Å²) in [6.07, 6.45) is 5.92. The second kappa shape index (κ2) is 6.72. The second-order valence-electron chi connectivity index (χ2n) is 7.36. The maximum atomic E-state index is 12.8. The first-order valence-electron chi connectivity index (χ1n) is 9.20. The molecule has 7 nitrogen and oxygen atoms in total. The Bertz CT molecular complexity index is 834. The van der Waals surface area contributed by atoms with Crippen molar-refractivity contribution in [3.05, 3.63) is 30.4 Å². The molecular formula is C20H22N2O5. The van der Waals surface area contributed by atoms with E-state index in [0.717, 1.165) is 6.42 Å². The molecule has 1 aromatic carbocycles. The molecule has 2 amide bonds. The lowest BCUT2D eigenvalue weighted by atomic mass is 9.82. The van der Waals surface area contributed by atoms with Gasteiger partial charge >= 0.3 is 5.97 Å². The van der Waals surface area contributed by atoms with E-state index >= 15 is 0 Å². The van der Waals surface area contributed by atoms with E-state index in [1.807, 2.05) is 12.2 Å². The van der Waals surface area contributed by atoms with Gasteiger partial charge < -0.3 is 20.1 Å². The summed E-state index contributed by atoms with van der Waals surface area (Å²) in [5.74, 6) is -1.99. The maximum Gasteiger partial charge on any atom is 0.307 e. The number of anilines is 2. The third kappa shape index (κ3) is 2.97. The third-order valence-electron chi connectivity index (χ3n) is 5.86. The monoisotopic (exact) mass is 370 g/mol. The minimum absolute atomic E-state index is 0.0282. The Morgan fingerprint density at radius 3 is 2.59 bits per heavy atom. The number of carbonyl (C=O) groups excluding carboxylic acids is 2. The number of nitrogens with zero attached hydrogens (tertiary/aromatic N) is 1. The van der Waals surface area contributed by atoms with Crippen LogP contribution in [-0.2, 0) is 14.4 Å². The molecule has 2 fully saturated rings. The Labute approximate surface area is 157 Å². The summed E-state index contributed by atoms with van der Waals surface area (Å²) in [6.45, 7) is 0.651. The summed E-state index contributed by atoms with van der Waals surface area (Å²) in [6, 6.07) is 5.16. The van der Waals surface area contributed by atoms with Crippen LogP contribution in [0.2, 0.25) is 0 Å². The molecule has 2 N–H and O–H groups in total. The van der Waals surface area contributed by atoms with Crippen LogP contribution in [0.5, 0.6) is 5.75 Å².